The highest BCUT2D eigenvalue weighted by Crippen LogP contribution is 2.32. The van der Waals surface area contributed by atoms with Gasteiger partial charge >= 0.3 is 6.03 Å². The molecule has 3 aromatic carbocycles. The Kier molecular flexibility index (Phi) is 5.57. The van der Waals surface area contributed by atoms with Crippen LogP contribution in [0.3, 0.4) is 0 Å². The van der Waals surface area contributed by atoms with Crippen LogP contribution in [0.25, 0.3) is 10.8 Å². The minimum absolute atomic E-state index is 0.114. The Morgan fingerprint density at radius 1 is 0.938 bits per heavy atom. The van der Waals surface area contributed by atoms with Crippen molar-refractivity contribution in [3.63, 3.8) is 0 Å². The molecule has 0 atom stereocenters. The van der Waals surface area contributed by atoms with Gasteiger partial charge in [-0.2, -0.15) is 0 Å². The number of nitrogens with one attached hydrogen (secondary N) is 2. The maximum atomic E-state index is 12.7. The van der Waals surface area contributed by atoms with E-state index in [1.54, 1.807) is 0 Å². The standard InChI is InChI=1S/C27H26N4O/c1-19-15-24-22(16-28-19)13-8-14-25(24)30-27(32)29-23-17-31(18-23)26(20-9-4-2-5-10-20)21-11-6-3-7-12-21/h2-16,23,26H,17-18H2,1H3,(H2,29,30,32). The first kappa shape index (κ1) is 20.2. The maximum Gasteiger partial charge on any atom is 0.319 e. The van der Waals surface area contributed by atoms with E-state index < -0.39 is 0 Å². The molecule has 1 fully saturated rings. The molecule has 1 aromatic heterocycles. The van der Waals surface area contributed by atoms with Crippen LogP contribution in [0.1, 0.15) is 22.9 Å². The summed E-state index contributed by atoms with van der Waals surface area (Å²) in [6, 6.07) is 29.1. The Labute approximate surface area is 188 Å². The molecule has 0 bridgehead atoms. The maximum absolute atomic E-state index is 12.7. The molecule has 5 heteroatoms. The van der Waals surface area contributed by atoms with Crippen molar-refractivity contribution < 1.29 is 4.79 Å². The van der Waals surface area contributed by atoms with Crippen LogP contribution < -0.4 is 10.6 Å². The van der Waals surface area contributed by atoms with E-state index >= 15 is 0 Å². The molecule has 5 rings (SSSR count). The van der Waals surface area contributed by atoms with E-state index in [0.29, 0.717) is 0 Å². The summed E-state index contributed by atoms with van der Waals surface area (Å²) in [4.78, 5) is 19.4. The third-order valence-electron chi connectivity index (χ3n) is 5.99. The lowest BCUT2D eigenvalue weighted by Crippen LogP contribution is -2.60. The van der Waals surface area contributed by atoms with Gasteiger partial charge in [-0.1, -0.05) is 72.8 Å². The van der Waals surface area contributed by atoms with E-state index in [9.17, 15) is 4.79 Å². The van der Waals surface area contributed by atoms with Gasteiger partial charge in [-0.25, -0.2) is 4.79 Å². The fourth-order valence-electron chi connectivity index (χ4n) is 4.43. The highest BCUT2D eigenvalue weighted by molar-refractivity contribution is 6.01. The molecule has 0 spiro atoms. The molecule has 1 aliphatic rings. The van der Waals surface area contributed by atoms with Crippen molar-refractivity contribution >= 4 is 22.5 Å². The lowest BCUT2D eigenvalue weighted by atomic mass is 9.93. The Hall–Kier alpha value is -3.70. The van der Waals surface area contributed by atoms with Crippen LogP contribution in [0.5, 0.6) is 0 Å². The third kappa shape index (κ3) is 4.20. The topological polar surface area (TPSA) is 57.3 Å². The summed E-state index contributed by atoms with van der Waals surface area (Å²) in [6.45, 7) is 3.57. The molecule has 160 valence electrons. The summed E-state index contributed by atoms with van der Waals surface area (Å²) in [5, 5.41) is 8.16. The number of pyridine rings is 1. The van der Waals surface area contributed by atoms with E-state index in [0.717, 1.165) is 35.2 Å². The largest absolute Gasteiger partial charge is 0.333 e. The number of likely N-dealkylation sites (tertiary alicyclic amines) is 1. The number of aryl methyl sites for hydroxylation is 1. The summed E-state index contributed by atoms with van der Waals surface area (Å²) in [6.07, 6.45) is 1.84. The number of carbonyl (C=O) groups excluding carboxylic acids is 1. The predicted octanol–water partition coefficient (Wildman–Crippen LogP) is 5.14. The van der Waals surface area contributed by atoms with Crippen molar-refractivity contribution in [3.05, 3.63) is 108 Å². The number of hydrogen-bond acceptors (Lipinski definition) is 3. The van der Waals surface area contributed by atoms with E-state index in [4.69, 9.17) is 0 Å². The van der Waals surface area contributed by atoms with E-state index in [1.807, 2.05) is 49.5 Å². The van der Waals surface area contributed by atoms with Gasteiger partial charge in [0.05, 0.1) is 17.8 Å². The van der Waals surface area contributed by atoms with Gasteiger partial charge in [-0.05, 0) is 30.2 Å². The molecular weight excluding hydrogens is 396 g/mol. The first-order valence-electron chi connectivity index (χ1n) is 10.9. The molecule has 2 amide bonds. The average molecular weight is 423 g/mol. The molecule has 2 heterocycles. The fraction of sp³-hybridized carbons (Fsp3) is 0.185. The van der Waals surface area contributed by atoms with Crippen LogP contribution in [0.15, 0.2) is 91.1 Å². The predicted molar refractivity (Wildman–Crippen MR) is 129 cm³/mol. The Morgan fingerprint density at radius 2 is 1.59 bits per heavy atom. The van der Waals surface area contributed by atoms with Gasteiger partial charge in [0.25, 0.3) is 0 Å². The zero-order valence-electron chi connectivity index (χ0n) is 18.0. The molecule has 1 aliphatic heterocycles. The highest BCUT2D eigenvalue weighted by Gasteiger charge is 2.34. The quantitative estimate of drug-likeness (QED) is 0.468. The first-order chi connectivity index (χ1) is 15.7. The Morgan fingerprint density at radius 3 is 2.25 bits per heavy atom. The van der Waals surface area contributed by atoms with Crippen LogP contribution in [-0.4, -0.2) is 35.0 Å². The summed E-state index contributed by atoms with van der Waals surface area (Å²) in [5.41, 5.74) is 4.26. The number of carbonyl (C=O) groups is 1. The van der Waals surface area contributed by atoms with Gasteiger partial charge in [-0.15, -0.1) is 0 Å². The Bertz CT molecular complexity index is 1180. The lowest BCUT2D eigenvalue weighted by Gasteiger charge is -2.44. The highest BCUT2D eigenvalue weighted by atomic mass is 16.2. The molecule has 0 saturated carbocycles. The van der Waals surface area contributed by atoms with E-state index in [-0.39, 0.29) is 18.1 Å². The first-order valence-corrected chi connectivity index (χ1v) is 10.9. The minimum Gasteiger partial charge on any atom is -0.333 e. The number of hydrogen-bond donors (Lipinski definition) is 2. The van der Waals surface area contributed by atoms with E-state index in [2.05, 4.69) is 69.0 Å². The molecular formula is C27H26N4O. The zero-order chi connectivity index (χ0) is 21.9. The van der Waals surface area contributed by atoms with Crippen molar-refractivity contribution in [2.75, 3.05) is 18.4 Å². The second-order valence-electron chi connectivity index (χ2n) is 8.33. The number of rotatable bonds is 5. The van der Waals surface area contributed by atoms with Crippen LogP contribution in [0, 0.1) is 6.92 Å². The Balaban J connectivity index is 1.25. The zero-order valence-corrected chi connectivity index (χ0v) is 18.0. The van der Waals surface area contributed by atoms with Gasteiger partial charge in [0, 0.05) is 35.8 Å². The summed E-state index contributed by atoms with van der Waals surface area (Å²) >= 11 is 0. The van der Waals surface area contributed by atoms with Crippen LogP contribution >= 0.6 is 0 Å². The molecule has 0 unspecified atom stereocenters. The smallest absolute Gasteiger partial charge is 0.319 e. The van der Waals surface area contributed by atoms with Gasteiger partial charge < -0.3 is 10.6 Å². The van der Waals surface area contributed by atoms with Gasteiger partial charge in [0.15, 0.2) is 0 Å². The molecule has 32 heavy (non-hydrogen) atoms. The van der Waals surface area contributed by atoms with Gasteiger partial charge in [-0.3, -0.25) is 9.88 Å². The second-order valence-corrected chi connectivity index (χ2v) is 8.33. The minimum atomic E-state index is -0.174. The van der Waals surface area contributed by atoms with Gasteiger partial charge in [0.2, 0.25) is 0 Å². The lowest BCUT2D eigenvalue weighted by molar-refractivity contribution is 0.0986. The molecule has 4 aromatic rings. The molecule has 5 nitrogen and oxygen atoms in total. The van der Waals surface area contributed by atoms with Crippen LogP contribution in [0.4, 0.5) is 10.5 Å². The summed E-state index contributed by atoms with van der Waals surface area (Å²) in [5.74, 6) is 0. The third-order valence-corrected chi connectivity index (χ3v) is 5.99. The number of amides is 2. The summed E-state index contributed by atoms with van der Waals surface area (Å²) in [7, 11) is 0. The van der Waals surface area contributed by atoms with E-state index in [1.165, 1.54) is 11.1 Å². The number of aromatic nitrogens is 1. The number of nitrogens with zero attached hydrogens (tertiary/aromatic N) is 2. The van der Waals surface area contributed by atoms with Crippen LogP contribution in [-0.2, 0) is 0 Å². The second kappa shape index (κ2) is 8.81. The van der Waals surface area contributed by atoms with Crippen molar-refractivity contribution in [1.29, 1.82) is 0 Å². The van der Waals surface area contributed by atoms with Gasteiger partial charge in [0.1, 0.15) is 0 Å². The van der Waals surface area contributed by atoms with Crippen LogP contribution in [0.2, 0.25) is 0 Å². The SMILES string of the molecule is Cc1cc2c(NC(=O)NC3CN(C(c4ccccc4)c4ccccc4)C3)cccc2cn1. The number of benzene rings is 3. The van der Waals surface area contributed by atoms with Crippen molar-refractivity contribution in [2.45, 2.75) is 19.0 Å². The average Bonchev–Trinajstić information content (AvgIpc) is 2.79. The monoisotopic (exact) mass is 422 g/mol. The molecule has 1 saturated heterocycles. The van der Waals surface area contributed by atoms with Crippen molar-refractivity contribution in [3.8, 4) is 0 Å². The summed E-state index contributed by atoms with van der Waals surface area (Å²) < 4.78 is 0. The fourth-order valence-corrected chi connectivity index (χ4v) is 4.43. The molecule has 2 N–H and O–H groups in total. The van der Waals surface area contributed by atoms with Crippen molar-refractivity contribution in [1.82, 2.24) is 15.2 Å². The van der Waals surface area contributed by atoms with Crippen molar-refractivity contribution in [2.24, 2.45) is 0 Å². The molecule has 0 radical (unpaired) electrons. The number of anilines is 1. The number of urea groups is 1. The normalized spacial score (nSPS) is 14.3. The molecule has 0 aliphatic carbocycles. The number of fused-ring (bicyclic) bond motifs is 1.